The molecule has 1 N–H and O–H groups in total. The Balaban J connectivity index is 0.00000137. The van der Waals surface area contributed by atoms with Gasteiger partial charge in [-0.15, -0.1) is 0 Å². The average molecular weight is 491 g/mol. The highest BCUT2D eigenvalue weighted by Crippen LogP contribution is 2.41. The van der Waals surface area contributed by atoms with Gasteiger partial charge in [0.2, 0.25) is 0 Å². The van der Waals surface area contributed by atoms with Crippen molar-refractivity contribution in [2.45, 2.75) is 27.2 Å². The molecule has 0 aliphatic rings. The number of aryl methyl sites for hydroxylation is 2. The average Bonchev–Trinajstić information content (AvgIpc) is 3.60. The lowest BCUT2D eigenvalue weighted by Crippen LogP contribution is -1.95. The van der Waals surface area contributed by atoms with E-state index < -0.39 is 0 Å². The SMILES string of the molecule is CC.CCc1ccc(-c2cc3c(-c4cn(C)nc4-c4ccccc4)ncnc3cc2OC)c2cn[nH]c12. The van der Waals surface area contributed by atoms with Crippen LogP contribution >= 0.6 is 0 Å². The van der Waals surface area contributed by atoms with E-state index in [9.17, 15) is 0 Å². The van der Waals surface area contributed by atoms with Gasteiger partial charge < -0.3 is 4.74 Å². The van der Waals surface area contributed by atoms with Gasteiger partial charge in [0, 0.05) is 46.8 Å². The quantitative estimate of drug-likeness (QED) is 0.286. The number of aromatic nitrogens is 6. The van der Waals surface area contributed by atoms with Gasteiger partial charge in [0.15, 0.2) is 0 Å². The van der Waals surface area contributed by atoms with Crippen molar-refractivity contribution in [3.8, 4) is 39.4 Å². The molecule has 3 heterocycles. The Morgan fingerprint density at radius 3 is 2.46 bits per heavy atom. The van der Waals surface area contributed by atoms with E-state index in [1.807, 2.05) is 62.2 Å². The van der Waals surface area contributed by atoms with Gasteiger partial charge in [0.05, 0.1) is 30.0 Å². The molecular weight excluding hydrogens is 460 g/mol. The highest BCUT2D eigenvalue weighted by atomic mass is 16.5. The topological polar surface area (TPSA) is 81.5 Å². The summed E-state index contributed by atoms with van der Waals surface area (Å²) in [6.07, 6.45) is 6.42. The maximum Gasteiger partial charge on any atom is 0.128 e. The molecule has 0 fully saturated rings. The fraction of sp³-hybridized carbons (Fsp3) is 0.200. The molecule has 0 atom stereocenters. The molecule has 37 heavy (non-hydrogen) atoms. The molecule has 3 aromatic heterocycles. The Morgan fingerprint density at radius 2 is 1.70 bits per heavy atom. The Morgan fingerprint density at radius 1 is 0.892 bits per heavy atom. The number of nitrogens with zero attached hydrogens (tertiary/aromatic N) is 5. The van der Waals surface area contributed by atoms with Crippen LogP contribution in [0.1, 0.15) is 26.3 Å². The van der Waals surface area contributed by atoms with Gasteiger partial charge in [-0.2, -0.15) is 10.2 Å². The molecule has 7 nitrogen and oxygen atoms in total. The first-order valence-electron chi connectivity index (χ1n) is 12.6. The van der Waals surface area contributed by atoms with Crippen molar-refractivity contribution >= 4 is 21.8 Å². The van der Waals surface area contributed by atoms with E-state index in [2.05, 4.69) is 52.4 Å². The van der Waals surface area contributed by atoms with Gasteiger partial charge in [-0.1, -0.05) is 63.2 Å². The molecule has 0 spiro atoms. The van der Waals surface area contributed by atoms with Crippen molar-refractivity contribution in [1.29, 1.82) is 0 Å². The number of fused-ring (bicyclic) bond motifs is 2. The summed E-state index contributed by atoms with van der Waals surface area (Å²) >= 11 is 0. The molecule has 0 amide bonds. The van der Waals surface area contributed by atoms with Crippen molar-refractivity contribution in [2.24, 2.45) is 7.05 Å². The van der Waals surface area contributed by atoms with Crippen molar-refractivity contribution in [1.82, 2.24) is 29.9 Å². The van der Waals surface area contributed by atoms with Crippen LogP contribution in [0.15, 0.2) is 73.3 Å². The van der Waals surface area contributed by atoms with Gasteiger partial charge >= 0.3 is 0 Å². The van der Waals surface area contributed by atoms with Gasteiger partial charge in [-0.25, -0.2) is 9.97 Å². The Hall–Kier alpha value is -4.52. The second-order valence-corrected chi connectivity index (χ2v) is 8.51. The van der Waals surface area contributed by atoms with Crippen molar-refractivity contribution in [3.63, 3.8) is 0 Å². The number of ether oxygens (including phenoxy) is 1. The first-order valence-corrected chi connectivity index (χ1v) is 12.6. The first-order chi connectivity index (χ1) is 18.2. The van der Waals surface area contributed by atoms with Crippen LogP contribution < -0.4 is 4.74 Å². The predicted octanol–water partition coefficient (Wildman–Crippen LogP) is 6.84. The molecular formula is C30H30N6O. The summed E-state index contributed by atoms with van der Waals surface area (Å²) in [7, 11) is 3.62. The number of H-pyrrole nitrogens is 1. The zero-order valence-electron chi connectivity index (χ0n) is 21.8. The number of methoxy groups -OCH3 is 1. The largest absolute Gasteiger partial charge is 0.496 e. The minimum Gasteiger partial charge on any atom is -0.496 e. The molecule has 0 saturated carbocycles. The summed E-state index contributed by atoms with van der Waals surface area (Å²) in [5, 5.41) is 14.2. The van der Waals surface area contributed by atoms with Gasteiger partial charge in [0.25, 0.3) is 0 Å². The second kappa shape index (κ2) is 10.2. The number of aromatic amines is 1. The number of hydrogen-bond donors (Lipinski definition) is 1. The summed E-state index contributed by atoms with van der Waals surface area (Å²) in [6, 6.07) is 18.6. The summed E-state index contributed by atoms with van der Waals surface area (Å²) in [6.45, 7) is 6.15. The van der Waals surface area contributed by atoms with Crippen LogP contribution in [0.4, 0.5) is 0 Å². The molecule has 186 valence electrons. The third kappa shape index (κ3) is 4.22. The minimum absolute atomic E-state index is 0.753. The van der Waals surface area contributed by atoms with Crippen LogP contribution in [0.3, 0.4) is 0 Å². The van der Waals surface area contributed by atoms with Crippen molar-refractivity contribution in [3.05, 3.63) is 78.9 Å². The zero-order chi connectivity index (χ0) is 25.9. The monoisotopic (exact) mass is 490 g/mol. The van der Waals surface area contributed by atoms with E-state index in [1.165, 1.54) is 5.56 Å². The van der Waals surface area contributed by atoms with Crippen LogP contribution in [0, 0.1) is 0 Å². The Bertz CT molecular complexity index is 1680. The molecule has 6 rings (SSSR count). The molecule has 7 heteroatoms. The van der Waals surface area contributed by atoms with Crippen molar-refractivity contribution in [2.75, 3.05) is 7.11 Å². The number of rotatable bonds is 5. The standard InChI is InChI=1S/C28H24N6O.C2H6/c1-4-17-10-11-19(22-14-31-32-26(17)22)20-12-21-24(13-25(20)35-3)29-16-30-28(21)23-15-34(2)33-27(23)18-8-6-5-7-9-18;1-2/h5-16H,4H2,1-3H3,(H,31,32);1-2H3. The third-order valence-corrected chi connectivity index (χ3v) is 6.46. The lowest BCUT2D eigenvalue weighted by atomic mass is 9.95. The smallest absolute Gasteiger partial charge is 0.128 e. The Kier molecular flexibility index (Phi) is 6.68. The first kappa shape index (κ1) is 24.2. The number of hydrogen-bond acceptors (Lipinski definition) is 5. The van der Waals surface area contributed by atoms with Crippen molar-refractivity contribution < 1.29 is 4.74 Å². The van der Waals surface area contributed by atoms with E-state index in [4.69, 9.17) is 14.8 Å². The number of nitrogens with one attached hydrogen (secondary N) is 1. The lowest BCUT2D eigenvalue weighted by molar-refractivity contribution is 0.417. The highest BCUT2D eigenvalue weighted by Gasteiger charge is 2.20. The maximum absolute atomic E-state index is 5.83. The summed E-state index contributed by atoms with van der Waals surface area (Å²) in [5.41, 5.74) is 8.82. The fourth-order valence-electron chi connectivity index (χ4n) is 4.77. The van der Waals surface area contributed by atoms with Crippen LogP contribution in [0.2, 0.25) is 0 Å². The summed E-state index contributed by atoms with van der Waals surface area (Å²) in [4.78, 5) is 9.29. The zero-order valence-corrected chi connectivity index (χ0v) is 21.8. The van der Waals surface area contributed by atoms with Crippen LogP contribution in [-0.4, -0.2) is 37.1 Å². The summed E-state index contributed by atoms with van der Waals surface area (Å²) in [5.74, 6) is 0.753. The molecule has 0 aliphatic carbocycles. The Labute approximate surface area is 216 Å². The van der Waals surface area contributed by atoms with Crippen LogP contribution in [0.5, 0.6) is 5.75 Å². The van der Waals surface area contributed by atoms with Gasteiger partial charge in [0.1, 0.15) is 17.8 Å². The predicted molar refractivity (Wildman–Crippen MR) is 150 cm³/mol. The van der Waals surface area contributed by atoms with Crippen LogP contribution in [-0.2, 0) is 13.5 Å². The minimum atomic E-state index is 0.753. The summed E-state index contributed by atoms with van der Waals surface area (Å²) < 4.78 is 7.65. The van der Waals surface area contributed by atoms with E-state index >= 15 is 0 Å². The van der Waals surface area contributed by atoms with E-state index in [0.717, 1.165) is 67.6 Å². The molecule has 0 radical (unpaired) electrons. The fourth-order valence-corrected chi connectivity index (χ4v) is 4.77. The van der Waals surface area contributed by atoms with Crippen LogP contribution in [0.25, 0.3) is 55.4 Å². The lowest BCUT2D eigenvalue weighted by Gasteiger charge is -2.14. The van der Waals surface area contributed by atoms with E-state index in [-0.39, 0.29) is 0 Å². The molecule has 0 bridgehead atoms. The van der Waals surface area contributed by atoms with Gasteiger partial charge in [-0.05, 0) is 23.6 Å². The van der Waals surface area contributed by atoms with E-state index in [0.29, 0.717) is 0 Å². The third-order valence-electron chi connectivity index (χ3n) is 6.46. The maximum atomic E-state index is 5.83. The second-order valence-electron chi connectivity index (χ2n) is 8.51. The molecule has 0 saturated heterocycles. The highest BCUT2D eigenvalue weighted by molar-refractivity contribution is 6.03. The molecule has 0 aliphatic heterocycles. The normalized spacial score (nSPS) is 10.9. The number of benzene rings is 3. The molecule has 0 unspecified atom stereocenters. The van der Waals surface area contributed by atoms with E-state index in [1.54, 1.807) is 13.4 Å². The molecule has 6 aromatic rings. The van der Waals surface area contributed by atoms with Gasteiger partial charge in [-0.3, -0.25) is 9.78 Å². The molecule has 3 aromatic carbocycles.